The van der Waals surface area contributed by atoms with Crippen LogP contribution in [0.4, 0.5) is 0 Å². The summed E-state index contributed by atoms with van der Waals surface area (Å²) in [7, 11) is 0. The van der Waals surface area contributed by atoms with Crippen molar-refractivity contribution < 1.29 is 9.26 Å². The lowest BCUT2D eigenvalue weighted by molar-refractivity contribution is 0.287. The second-order valence-electron chi connectivity index (χ2n) is 4.25. The van der Waals surface area contributed by atoms with Gasteiger partial charge in [0.05, 0.1) is 5.02 Å². The van der Waals surface area contributed by atoms with Gasteiger partial charge in [-0.15, -0.1) is 0 Å². The van der Waals surface area contributed by atoms with Crippen LogP contribution in [0.25, 0.3) is 11.5 Å². The molecule has 3 aromatic rings. The van der Waals surface area contributed by atoms with Crippen molar-refractivity contribution in [1.29, 1.82) is 0 Å². The zero-order chi connectivity index (χ0) is 14.7. The van der Waals surface area contributed by atoms with Gasteiger partial charge in [-0.2, -0.15) is 4.98 Å². The molecule has 4 nitrogen and oxygen atoms in total. The molecular weight excluding hydrogens is 311 g/mol. The van der Waals surface area contributed by atoms with Gasteiger partial charge in [0, 0.05) is 10.6 Å². The van der Waals surface area contributed by atoms with Crippen LogP contribution in [0.5, 0.6) is 5.75 Å². The Kier molecular flexibility index (Phi) is 4.08. The van der Waals surface area contributed by atoms with Gasteiger partial charge in [-0.3, -0.25) is 0 Å². The predicted molar refractivity (Wildman–Crippen MR) is 80.5 cm³/mol. The Hall–Kier alpha value is -2.04. The van der Waals surface area contributed by atoms with E-state index in [-0.39, 0.29) is 6.61 Å². The molecule has 1 aromatic heterocycles. The van der Waals surface area contributed by atoms with E-state index in [1.807, 2.05) is 30.3 Å². The number of halogens is 2. The van der Waals surface area contributed by atoms with E-state index in [0.29, 0.717) is 27.5 Å². The van der Waals surface area contributed by atoms with Gasteiger partial charge in [0.2, 0.25) is 5.82 Å². The predicted octanol–water partition coefficient (Wildman–Crippen LogP) is 4.62. The third-order valence-electron chi connectivity index (χ3n) is 2.74. The molecule has 0 amide bonds. The lowest BCUT2D eigenvalue weighted by Gasteiger charge is -2.05. The molecule has 0 bridgehead atoms. The number of hydrogen-bond donors (Lipinski definition) is 0. The molecule has 0 aliphatic heterocycles. The van der Waals surface area contributed by atoms with Crippen molar-refractivity contribution in [2.45, 2.75) is 6.61 Å². The summed E-state index contributed by atoms with van der Waals surface area (Å²) in [5, 5.41) is 4.87. The summed E-state index contributed by atoms with van der Waals surface area (Å²) in [6.45, 7) is 0.164. The SMILES string of the molecule is Clc1ccc(OCc2noc(-c3ccccc3)n2)c(Cl)c1. The van der Waals surface area contributed by atoms with E-state index in [4.69, 9.17) is 32.5 Å². The van der Waals surface area contributed by atoms with Gasteiger partial charge in [0.25, 0.3) is 5.89 Å². The molecule has 0 saturated carbocycles. The molecule has 0 unspecified atom stereocenters. The summed E-state index contributed by atoms with van der Waals surface area (Å²) in [4.78, 5) is 4.27. The minimum atomic E-state index is 0.164. The average Bonchev–Trinajstić information content (AvgIpc) is 2.96. The molecule has 2 aromatic carbocycles. The Morgan fingerprint density at radius 1 is 1.05 bits per heavy atom. The van der Waals surface area contributed by atoms with Crippen molar-refractivity contribution in [3.8, 4) is 17.2 Å². The van der Waals surface area contributed by atoms with Crippen LogP contribution in [0.1, 0.15) is 5.82 Å². The molecule has 6 heteroatoms. The Morgan fingerprint density at radius 3 is 2.62 bits per heavy atom. The van der Waals surface area contributed by atoms with E-state index < -0.39 is 0 Å². The monoisotopic (exact) mass is 320 g/mol. The molecule has 0 spiro atoms. The first-order valence-electron chi connectivity index (χ1n) is 6.18. The van der Waals surface area contributed by atoms with E-state index in [2.05, 4.69) is 10.1 Å². The van der Waals surface area contributed by atoms with E-state index in [9.17, 15) is 0 Å². The average molecular weight is 321 g/mol. The van der Waals surface area contributed by atoms with E-state index in [1.54, 1.807) is 18.2 Å². The fourth-order valence-electron chi connectivity index (χ4n) is 1.75. The van der Waals surface area contributed by atoms with Gasteiger partial charge in [-0.1, -0.05) is 46.6 Å². The largest absolute Gasteiger partial charge is 0.484 e. The van der Waals surface area contributed by atoms with Crippen LogP contribution in [-0.4, -0.2) is 10.1 Å². The maximum atomic E-state index is 6.02. The number of hydrogen-bond acceptors (Lipinski definition) is 4. The lowest BCUT2D eigenvalue weighted by Crippen LogP contribution is -1.98. The van der Waals surface area contributed by atoms with Crippen molar-refractivity contribution in [2.75, 3.05) is 0 Å². The van der Waals surface area contributed by atoms with Gasteiger partial charge < -0.3 is 9.26 Å². The summed E-state index contributed by atoms with van der Waals surface area (Å²) >= 11 is 11.8. The molecule has 3 rings (SSSR count). The number of ether oxygens (including phenoxy) is 1. The second-order valence-corrected chi connectivity index (χ2v) is 5.09. The molecule has 0 atom stereocenters. The number of benzene rings is 2. The highest BCUT2D eigenvalue weighted by Gasteiger charge is 2.10. The topological polar surface area (TPSA) is 48.2 Å². The van der Waals surface area contributed by atoms with Gasteiger partial charge in [0.15, 0.2) is 6.61 Å². The highest BCUT2D eigenvalue weighted by molar-refractivity contribution is 6.35. The van der Waals surface area contributed by atoms with Crippen molar-refractivity contribution in [1.82, 2.24) is 10.1 Å². The Balaban J connectivity index is 1.70. The molecular formula is C15H10Cl2N2O2. The molecule has 0 saturated heterocycles. The van der Waals surface area contributed by atoms with E-state index >= 15 is 0 Å². The van der Waals surface area contributed by atoms with Crippen LogP contribution in [-0.2, 0) is 6.61 Å². The van der Waals surface area contributed by atoms with E-state index in [0.717, 1.165) is 5.56 Å². The van der Waals surface area contributed by atoms with Crippen LogP contribution in [0.15, 0.2) is 53.1 Å². The Bertz CT molecular complexity index is 744. The summed E-state index contributed by atoms with van der Waals surface area (Å²) < 4.78 is 10.7. The van der Waals surface area contributed by atoms with Crippen molar-refractivity contribution >= 4 is 23.2 Å². The number of aromatic nitrogens is 2. The molecule has 21 heavy (non-hydrogen) atoms. The van der Waals surface area contributed by atoms with Gasteiger partial charge >= 0.3 is 0 Å². The number of rotatable bonds is 4. The van der Waals surface area contributed by atoms with Gasteiger partial charge in [-0.25, -0.2) is 0 Å². The minimum absolute atomic E-state index is 0.164. The quantitative estimate of drug-likeness (QED) is 0.703. The third-order valence-corrected chi connectivity index (χ3v) is 3.27. The van der Waals surface area contributed by atoms with Crippen molar-refractivity contribution in [3.05, 3.63) is 64.4 Å². The Morgan fingerprint density at radius 2 is 1.86 bits per heavy atom. The first kappa shape index (κ1) is 13.9. The molecule has 0 radical (unpaired) electrons. The first-order chi connectivity index (χ1) is 10.2. The van der Waals surface area contributed by atoms with Crippen LogP contribution < -0.4 is 4.74 Å². The summed E-state index contributed by atoms with van der Waals surface area (Å²) in [5.41, 5.74) is 0.862. The molecule has 1 heterocycles. The molecule has 106 valence electrons. The standard InChI is InChI=1S/C15H10Cl2N2O2/c16-11-6-7-13(12(17)8-11)20-9-14-18-15(21-19-14)10-4-2-1-3-5-10/h1-8H,9H2. The lowest BCUT2D eigenvalue weighted by atomic mass is 10.2. The highest BCUT2D eigenvalue weighted by atomic mass is 35.5. The van der Waals surface area contributed by atoms with Crippen LogP contribution in [0, 0.1) is 0 Å². The van der Waals surface area contributed by atoms with Gasteiger partial charge in [0.1, 0.15) is 5.75 Å². The van der Waals surface area contributed by atoms with Crippen LogP contribution in [0.2, 0.25) is 10.0 Å². The maximum Gasteiger partial charge on any atom is 0.258 e. The smallest absolute Gasteiger partial charge is 0.258 e. The van der Waals surface area contributed by atoms with Crippen LogP contribution in [0.3, 0.4) is 0 Å². The van der Waals surface area contributed by atoms with Crippen molar-refractivity contribution in [2.24, 2.45) is 0 Å². The normalized spacial score (nSPS) is 10.6. The fourth-order valence-corrected chi connectivity index (χ4v) is 2.21. The zero-order valence-electron chi connectivity index (χ0n) is 10.8. The molecule has 0 aliphatic carbocycles. The molecule has 0 aliphatic rings. The fraction of sp³-hybridized carbons (Fsp3) is 0.0667. The summed E-state index contributed by atoms with van der Waals surface area (Å²) in [5.74, 6) is 1.42. The van der Waals surface area contributed by atoms with Gasteiger partial charge in [-0.05, 0) is 30.3 Å². The summed E-state index contributed by atoms with van der Waals surface area (Å²) in [6.07, 6.45) is 0. The minimum Gasteiger partial charge on any atom is -0.484 e. The highest BCUT2D eigenvalue weighted by Crippen LogP contribution is 2.28. The third kappa shape index (κ3) is 3.35. The Labute approximate surface area is 131 Å². The second kappa shape index (κ2) is 6.16. The zero-order valence-corrected chi connectivity index (χ0v) is 12.3. The molecule has 0 N–H and O–H groups in total. The number of nitrogens with zero attached hydrogens (tertiary/aromatic N) is 2. The maximum absolute atomic E-state index is 6.02. The van der Waals surface area contributed by atoms with E-state index in [1.165, 1.54) is 0 Å². The van der Waals surface area contributed by atoms with Crippen LogP contribution >= 0.6 is 23.2 Å². The van der Waals surface area contributed by atoms with Crippen molar-refractivity contribution in [3.63, 3.8) is 0 Å². The summed E-state index contributed by atoms with van der Waals surface area (Å²) in [6, 6.07) is 14.5. The molecule has 0 fully saturated rings. The first-order valence-corrected chi connectivity index (χ1v) is 6.94.